The lowest BCUT2D eigenvalue weighted by atomic mass is 10.1. The van der Waals surface area contributed by atoms with Gasteiger partial charge in [-0.1, -0.05) is 28.9 Å². The monoisotopic (exact) mass is 319 g/mol. The Hall–Kier alpha value is -0.310. The Labute approximate surface area is 115 Å². The minimum Gasteiger partial charge on any atom is -0.259 e. The zero-order valence-electron chi connectivity index (χ0n) is 8.78. The summed E-state index contributed by atoms with van der Waals surface area (Å²) in [5, 5.41) is 2.33. The van der Waals surface area contributed by atoms with Crippen molar-refractivity contribution in [2.45, 2.75) is 18.7 Å². The standard InChI is InChI=1S/C12H11BrClN.ClH/c1-2-11(14)12-6-8-3-4-10(13)5-9(8)7-15-12;/h3-7,11H,2H2,1H3;1H. The Morgan fingerprint density at radius 2 is 2.06 bits per heavy atom. The van der Waals surface area contributed by atoms with E-state index in [4.69, 9.17) is 11.6 Å². The van der Waals surface area contributed by atoms with Crippen LogP contribution in [0.2, 0.25) is 0 Å². The zero-order valence-corrected chi connectivity index (χ0v) is 11.9. The van der Waals surface area contributed by atoms with Gasteiger partial charge in [0.15, 0.2) is 0 Å². The van der Waals surface area contributed by atoms with Gasteiger partial charge in [0.05, 0.1) is 11.1 Å². The quantitative estimate of drug-likeness (QED) is 0.701. The van der Waals surface area contributed by atoms with Crippen molar-refractivity contribution in [1.82, 2.24) is 4.98 Å². The van der Waals surface area contributed by atoms with Crippen LogP contribution in [0.3, 0.4) is 0 Å². The minimum absolute atomic E-state index is 0. The fraction of sp³-hybridized carbons (Fsp3) is 0.250. The van der Waals surface area contributed by atoms with Crippen LogP contribution in [0.25, 0.3) is 10.8 Å². The summed E-state index contributed by atoms with van der Waals surface area (Å²) < 4.78 is 1.07. The summed E-state index contributed by atoms with van der Waals surface area (Å²) in [7, 11) is 0. The van der Waals surface area contributed by atoms with Gasteiger partial charge in [0, 0.05) is 16.1 Å². The molecule has 0 amide bonds. The van der Waals surface area contributed by atoms with Gasteiger partial charge in [-0.3, -0.25) is 4.98 Å². The van der Waals surface area contributed by atoms with Crippen molar-refractivity contribution in [1.29, 1.82) is 0 Å². The number of pyridine rings is 1. The van der Waals surface area contributed by atoms with Gasteiger partial charge in [-0.25, -0.2) is 0 Å². The molecule has 0 radical (unpaired) electrons. The van der Waals surface area contributed by atoms with Crippen molar-refractivity contribution < 1.29 is 0 Å². The first-order valence-corrected chi connectivity index (χ1v) is 6.13. The van der Waals surface area contributed by atoms with Crippen LogP contribution in [0.1, 0.15) is 24.4 Å². The number of fused-ring (bicyclic) bond motifs is 1. The zero-order chi connectivity index (χ0) is 10.8. The number of hydrogen-bond acceptors (Lipinski definition) is 1. The predicted molar refractivity (Wildman–Crippen MR) is 75.6 cm³/mol. The molecule has 1 aromatic carbocycles. The Morgan fingerprint density at radius 3 is 2.75 bits per heavy atom. The van der Waals surface area contributed by atoms with Gasteiger partial charge >= 0.3 is 0 Å². The Bertz CT molecular complexity index is 487. The lowest BCUT2D eigenvalue weighted by molar-refractivity contribution is 0.850. The van der Waals surface area contributed by atoms with Gasteiger partial charge in [-0.2, -0.15) is 0 Å². The van der Waals surface area contributed by atoms with E-state index in [1.54, 1.807) is 0 Å². The third kappa shape index (κ3) is 2.88. The van der Waals surface area contributed by atoms with E-state index in [2.05, 4.69) is 46.0 Å². The third-order valence-corrected chi connectivity index (χ3v) is 3.41. The summed E-state index contributed by atoms with van der Waals surface area (Å²) in [5.74, 6) is 0. The number of benzene rings is 1. The van der Waals surface area contributed by atoms with Crippen LogP contribution >= 0.6 is 39.9 Å². The molecule has 0 aliphatic heterocycles. The molecule has 4 heteroatoms. The SMILES string of the molecule is CCC(Cl)c1cc2ccc(Br)cc2cn1.Cl. The smallest absolute Gasteiger partial charge is 0.0755 e. The third-order valence-electron chi connectivity index (χ3n) is 2.38. The van der Waals surface area contributed by atoms with Crippen LogP contribution < -0.4 is 0 Å². The minimum atomic E-state index is 0. The van der Waals surface area contributed by atoms with Crippen molar-refractivity contribution in [3.8, 4) is 0 Å². The molecule has 0 aliphatic rings. The maximum absolute atomic E-state index is 6.15. The number of halogens is 3. The summed E-state index contributed by atoms with van der Waals surface area (Å²) in [5.41, 5.74) is 0.953. The fourth-order valence-corrected chi connectivity index (χ4v) is 2.01. The summed E-state index contributed by atoms with van der Waals surface area (Å²) in [6.07, 6.45) is 2.77. The number of nitrogens with zero attached hydrogens (tertiary/aromatic N) is 1. The maximum atomic E-state index is 6.15. The molecule has 0 N–H and O–H groups in total. The predicted octanol–water partition coefficient (Wildman–Crippen LogP) is 5.11. The Kier molecular flexibility index (Phi) is 5.03. The second-order valence-electron chi connectivity index (χ2n) is 3.48. The van der Waals surface area contributed by atoms with Crippen LogP contribution in [0.5, 0.6) is 0 Å². The van der Waals surface area contributed by atoms with Gasteiger partial charge in [0.25, 0.3) is 0 Å². The fourth-order valence-electron chi connectivity index (χ4n) is 1.51. The lowest BCUT2D eigenvalue weighted by Crippen LogP contribution is -1.92. The highest BCUT2D eigenvalue weighted by molar-refractivity contribution is 9.10. The molecule has 86 valence electrons. The van der Waals surface area contributed by atoms with E-state index >= 15 is 0 Å². The maximum Gasteiger partial charge on any atom is 0.0755 e. The highest BCUT2D eigenvalue weighted by Gasteiger charge is 2.07. The van der Waals surface area contributed by atoms with Crippen molar-refractivity contribution in [3.63, 3.8) is 0 Å². The Morgan fingerprint density at radius 1 is 1.31 bits per heavy atom. The van der Waals surface area contributed by atoms with E-state index in [9.17, 15) is 0 Å². The lowest BCUT2D eigenvalue weighted by Gasteiger charge is -2.07. The number of alkyl halides is 1. The van der Waals surface area contributed by atoms with Gasteiger partial charge in [-0.15, -0.1) is 24.0 Å². The van der Waals surface area contributed by atoms with E-state index in [1.165, 1.54) is 5.39 Å². The number of hydrogen-bond donors (Lipinski definition) is 0. The highest BCUT2D eigenvalue weighted by atomic mass is 79.9. The van der Waals surface area contributed by atoms with Crippen LogP contribution in [-0.2, 0) is 0 Å². The molecule has 0 spiro atoms. The molecule has 1 nitrogen and oxygen atoms in total. The van der Waals surface area contributed by atoms with Gasteiger partial charge < -0.3 is 0 Å². The van der Waals surface area contributed by atoms with E-state index < -0.39 is 0 Å². The summed E-state index contributed by atoms with van der Waals surface area (Å²) in [6.45, 7) is 2.06. The second-order valence-corrected chi connectivity index (χ2v) is 4.92. The molecule has 2 rings (SSSR count). The normalized spacial score (nSPS) is 12.2. The van der Waals surface area contributed by atoms with Crippen LogP contribution in [0.15, 0.2) is 34.9 Å². The van der Waals surface area contributed by atoms with Crippen LogP contribution in [0, 0.1) is 0 Å². The molecule has 0 fully saturated rings. The average molecular weight is 321 g/mol. The van der Waals surface area contributed by atoms with E-state index in [0.717, 1.165) is 22.0 Å². The number of rotatable bonds is 2. The van der Waals surface area contributed by atoms with Gasteiger partial charge in [0.1, 0.15) is 0 Å². The molecule has 0 saturated heterocycles. The van der Waals surface area contributed by atoms with Crippen molar-refractivity contribution in [2.75, 3.05) is 0 Å². The van der Waals surface area contributed by atoms with Gasteiger partial charge in [-0.05, 0) is 30.0 Å². The molecule has 1 aromatic heterocycles. The first-order valence-electron chi connectivity index (χ1n) is 4.90. The first kappa shape index (κ1) is 13.8. The largest absolute Gasteiger partial charge is 0.259 e. The molecule has 0 bridgehead atoms. The summed E-state index contributed by atoms with van der Waals surface area (Å²) in [4.78, 5) is 4.37. The summed E-state index contributed by atoms with van der Waals surface area (Å²) >= 11 is 9.59. The molecular weight excluding hydrogens is 309 g/mol. The van der Waals surface area contributed by atoms with E-state index in [-0.39, 0.29) is 17.8 Å². The average Bonchev–Trinajstić information content (AvgIpc) is 2.27. The van der Waals surface area contributed by atoms with Crippen molar-refractivity contribution in [2.24, 2.45) is 0 Å². The van der Waals surface area contributed by atoms with Crippen molar-refractivity contribution in [3.05, 3.63) is 40.6 Å². The van der Waals surface area contributed by atoms with Crippen LogP contribution in [0.4, 0.5) is 0 Å². The van der Waals surface area contributed by atoms with Crippen molar-refractivity contribution >= 4 is 50.7 Å². The number of aromatic nitrogens is 1. The molecule has 1 unspecified atom stereocenters. The molecule has 0 saturated carbocycles. The molecule has 2 aromatic rings. The second kappa shape index (κ2) is 5.85. The molecular formula is C12H12BrCl2N. The molecule has 1 heterocycles. The summed E-state index contributed by atoms with van der Waals surface area (Å²) in [6, 6.07) is 8.22. The van der Waals surface area contributed by atoms with Crippen LogP contribution in [-0.4, -0.2) is 4.98 Å². The van der Waals surface area contributed by atoms with E-state index in [1.807, 2.05) is 12.3 Å². The Balaban J connectivity index is 0.00000128. The first-order chi connectivity index (χ1) is 7.20. The molecule has 16 heavy (non-hydrogen) atoms. The highest BCUT2D eigenvalue weighted by Crippen LogP contribution is 2.26. The van der Waals surface area contributed by atoms with Gasteiger partial charge in [0.2, 0.25) is 0 Å². The molecule has 1 atom stereocenters. The molecule has 0 aliphatic carbocycles. The van der Waals surface area contributed by atoms with E-state index in [0.29, 0.717) is 0 Å². The topological polar surface area (TPSA) is 12.9 Å².